The van der Waals surface area contributed by atoms with Crippen molar-refractivity contribution in [2.75, 3.05) is 19.8 Å². The first-order valence-corrected chi connectivity index (χ1v) is 13.3. The topological polar surface area (TPSA) is 120 Å². The van der Waals surface area contributed by atoms with E-state index >= 15 is 0 Å². The first-order chi connectivity index (χ1) is 19.1. The van der Waals surface area contributed by atoms with E-state index < -0.39 is 54.7 Å². The molecule has 0 bridgehead atoms. The minimum absolute atomic E-state index is 0.0563. The number of ether oxygens (including phenoxy) is 4. The zero-order chi connectivity index (χ0) is 28.5. The number of esters is 2. The first-order valence-electron chi connectivity index (χ1n) is 13.3. The van der Waals surface area contributed by atoms with Gasteiger partial charge in [0.1, 0.15) is 18.3 Å². The molecule has 1 aliphatic heterocycles. The molecule has 1 amide bonds. The van der Waals surface area contributed by atoms with Gasteiger partial charge < -0.3 is 29.4 Å². The average molecular weight is 566 g/mol. The number of aliphatic hydroxyl groups excluding tert-OH is 1. The van der Waals surface area contributed by atoms with Gasteiger partial charge in [-0.3, -0.25) is 4.79 Å². The Hall–Kier alpha value is -3.22. The van der Waals surface area contributed by atoms with E-state index in [1.165, 1.54) is 18.2 Å². The van der Waals surface area contributed by atoms with Gasteiger partial charge in [0.15, 0.2) is 12.4 Å². The summed E-state index contributed by atoms with van der Waals surface area (Å²) in [6.07, 6.45) is 0.843. The molecule has 1 heterocycles. The Morgan fingerprint density at radius 1 is 1.10 bits per heavy atom. The van der Waals surface area contributed by atoms with Gasteiger partial charge in [-0.15, -0.1) is 0 Å². The molecule has 0 aromatic heterocycles. The Labute approximate surface area is 228 Å². The lowest BCUT2D eigenvalue weighted by molar-refractivity contribution is -0.209. The smallest absolute Gasteiger partial charge is 0.422 e. The summed E-state index contributed by atoms with van der Waals surface area (Å²) in [6.45, 7) is -1.90. The third kappa shape index (κ3) is 6.39. The number of amides is 1. The van der Waals surface area contributed by atoms with E-state index in [2.05, 4.69) is 10.1 Å². The molecule has 2 N–H and O–H groups in total. The fraction of sp³-hybridized carbons (Fsp3) is 0.536. The van der Waals surface area contributed by atoms with Crippen molar-refractivity contribution in [3.63, 3.8) is 0 Å². The zero-order valence-electron chi connectivity index (χ0n) is 21.5. The lowest BCUT2D eigenvalue weighted by atomic mass is 9.91. The second-order valence-electron chi connectivity index (χ2n) is 10.4. The lowest BCUT2D eigenvalue weighted by Crippen LogP contribution is -2.44. The third-order valence-electron chi connectivity index (χ3n) is 7.32. The summed E-state index contributed by atoms with van der Waals surface area (Å²) < 4.78 is 60.1. The molecule has 12 heteroatoms. The Kier molecular flexibility index (Phi) is 8.03. The molecule has 1 aromatic rings. The molecule has 1 saturated heterocycles. The molecule has 0 spiro atoms. The van der Waals surface area contributed by atoms with Crippen LogP contribution in [-0.4, -0.2) is 73.0 Å². The molecule has 0 radical (unpaired) electrons. The number of alkyl halides is 3. The molecule has 40 heavy (non-hydrogen) atoms. The number of rotatable bonds is 10. The number of aliphatic hydroxyl groups is 1. The second-order valence-corrected chi connectivity index (χ2v) is 10.4. The van der Waals surface area contributed by atoms with Crippen LogP contribution in [0.25, 0.3) is 6.08 Å². The van der Waals surface area contributed by atoms with E-state index in [9.17, 15) is 27.6 Å². The van der Waals surface area contributed by atoms with Crippen molar-refractivity contribution in [2.24, 2.45) is 11.8 Å². The maximum Gasteiger partial charge on any atom is 0.422 e. The van der Waals surface area contributed by atoms with Gasteiger partial charge in [-0.05, 0) is 49.5 Å². The number of hydrogen-bond donors (Lipinski definition) is 2. The van der Waals surface area contributed by atoms with Gasteiger partial charge in [-0.25, -0.2) is 9.59 Å². The summed E-state index contributed by atoms with van der Waals surface area (Å²) in [6, 6.07) is 6.13. The number of halogens is 3. The molecule has 3 aliphatic carbocycles. The summed E-state index contributed by atoms with van der Waals surface area (Å²) in [7, 11) is 0. The van der Waals surface area contributed by atoms with Crippen LogP contribution in [0.5, 0.6) is 0 Å². The van der Waals surface area contributed by atoms with Gasteiger partial charge in [-0.2, -0.15) is 13.2 Å². The van der Waals surface area contributed by atoms with Crippen LogP contribution in [-0.2, 0) is 28.5 Å². The molecular weight excluding hydrogens is 535 g/mol. The molecule has 5 rings (SSSR count). The standard InChI is InChI=1S/C28H30F3NO8/c29-27(30,31)15-37-23(34)10-5-16-3-1-2-4-20(16)26(36)38-21-13-17(25(35)32-11-12-33)14-22-24(21)40-28(39-22,18-6-7-18)19-8-9-19/h1-5,10,14,18-19,21-22,24,33H,6-9,11-13,15H2,(H,32,35)/t21-,22-,24+/m1/s1. The van der Waals surface area contributed by atoms with E-state index in [-0.39, 0.29) is 42.5 Å². The Bertz CT molecular complexity index is 1190. The zero-order valence-corrected chi connectivity index (χ0v) is 21.5. The lowest BCUT2D eigenvalue weighted by Gasteiger charge is -2.31. The summed E-state index contributed by atoms with van der Waals surface area (Å²) in [5, 5.41) is 11.7. The van der Waals surface area contributed by atoms with Crippen LogP contribution >= 0.6 is 0 Å². The number of fused-ring (bicyclic) bond motifs is 1. The fourth-order valence-electron chi connectivity index (χ4n) is 5.24. The predicted octanol–water partition coefficient (Wildman–Crippen LogP) is 3.07. The van der Waals surface area contributed by atoms with Crippen molar-refractivity contribution in [2.45, 2.75) is 62.4 Å². The quantitative estimate of drug-likeness (QED) is 0.328. The van der Waals surface area contributed by atoms with E-state index in [1.54, 1.807) is 18.2 Å². The van der Waals surface area contributed by atoms with Gasteiger partial charge in [0, 0.05) is 36.5 Å². The maximum absolute atomic E-state index is 13.4. The van der Waals surface area contributed by atoms with E-state index in [4.69, 9.17) is 19.3 Å². The van der Waals surface area contributed by atoms with E-state index in [0.717, 1.165) is 31.8 Å². The molecule has 0 unspecified atom stereocenters. The molecule has 9 nitrogen and oxygen atoms in total. The largest absolute Gasteiger partial charge is 0.456 e. The van der Waals surface area contributed by atoms with E-state index in [0.29, 0.717) is 5.57 Å². The maximum atomic E-state index is 13.4. The van der Waals surface area contributed by atoms with Crippen LogP contribution in [0.3, 0.4) is 0 Å². The van der Waals surface area contributed by atoms with Crippen LogP contribution in [0.15, 0.2) is 42.0 Å². The Balaban J connectivity index is 1.34. The van der Waals surface area contributed by atoms with Crippen molar-refractivity contribution < 1.29 is 51.6 Å². The molecule has 2 saturated carbocycles. The number of benzene rings is 1. The molecular formula is C28H30F3NO8. The fourth-order valence-corrected chi connectivity index (χ4v) is 5.24. The summed E-state index contributed by atoms with van der Waals surface area (Å²) in [4.78, 5) is 37.9. The minimum Gasteiger partial charge on any atom is -0.456 e. The van der Waals surface area contributed by atoms with Crippen molar-refractivity contribution in [3.8, 4) is 0 Å². The summed E-state index contributed by atoms with van der Waals surface area (Å²) >= 11 is 0. The molecule has 4 aliphatic rings. The Morgan fingerprint density at radius 3 is 2.45 bits per heavy atom. The highest BCUT2D eigenvalue weighted by Gasteiger charge is 2.64. The van der Waals surface area contributed by atoms with Crippen molar-refractivity contribution >= 4 is 23.9 Å². The van der Waals surface area contributed by atoms with Crippen LogP contribution < -0.4 is 5.32 Å². The molecule has 3 fully saturated rings. The summed E-state index contributed by atoms with van der Waals surface area (Å²) in [5.41, 5.74) is 0.641. The average Bonchev–Trinajstić information content (AvgIpc) is 3.86. The van der Waals surface area contributed by atoms with E-state index in [1.807, 2.05) is 0 Å². The van der Waals surface area contributed by atoms with Gasteiger partial charge in [-0.1, -0.05) is 18.2 Å². The second kappa shape index (κ2) is 11.3. The van der Waals surface area contributed by atoms with Gasteiger partial charge in [0.05, 0.1) is 12.2 Å². The normalized spacial score (nSPS) is 25.7. The van der Waals surface area contributed by atoms with Crippen molar-refractivity contribution in [1.82, 2.24) is 5.32 Å². The monoisotopic (exact) mass is 565 g/mol. The number of hydrogen-bond acceptors (Lipinski definition) is 8. The van der Waals surface area contributed by atoms with Crippen LogP contribution in [0, 0.1) is 11.8 Å². The molecule has 216 valence electrons. The number of carbonyl (C=O) groups excluding carboxylic acids is 3. The predicted molar refractivity (Wildman–Crippen MR) is 132 cm³/mol. The molecule has 3 atom stereocenters. The van der Waals surface area contributed by atoms with Crippen LogP contribution in [0.4, 0.5) is 13.2 Å². The number of carbonyl (C=O) groups is 3. The highest BCUT2D eigenvalue weighted by atomic mass is 19.4. The Morgan fingerprint density at radius 2 is 1.80 bits per heavy atom. The SMILES string of the molecule is O=C(C=Cc1ccccc1C(=O)O[C@@H]1CC(C(=O)NCCO)=C[C@H]2OC(C3CC3)(C3CC3)O[C@H]21)OCC(F)(F)F. The first kappa shape index (κ1) is 28.3. The van der Waals surface area contributed by atoms with Crippen molar-refractivity contribution in [1.29, 1.82) is 0 Å². The third-order valence-corrected chi connectivity index (χ3v) is 7.32. The van der Waals surface area contributed by atoms with Gasteiger partial charge >= 0.3 is 18.1 Å². The highest BCUT2D eigenvalue weighted by Crippen LogP contribution is 2.59. The van der Waals surface area contributed by atoms with Crippen molar-refractivity contribution in [3.05, 3.63) is 53.1 Å². The minimum atomic E-state index is -4.66. The van der Waals surface area contributed by atoms with Gasteiger partial charge in [0.2, 0.25) is 5.91 Å². The molecule has 1 aromatic carbocycles. The van der Waals surface area contributed by atoms with Crippen LogP contribution in [0.1, 0.15) is 48.0 Å². The summed E-state index contributed by atoms with van der Waals surface area (Å²) in [5.74, 6) is -2.68. The van der Waals surface area contributed by atoms with Gasteiger partial charge in [0.25, 0.3) is 0 Å². The number of nitrogens with one attached hydrogen (secondary N) is 1. The van der Waals surface area contributed by atoms with Crippen LogP contribution in [0.2, 0.25) is 0 Å². The highest BCUT2D eigenvalue weighted by molar-refractivity contribution is 5.96.